The Morgan fingerprint density at radius 2 is 2.10 bits per heavy atom. The van der Waals surface area contributed by atoms with Crippen molar-refractivity contribution in [3.8, 4) is 5.75 Å². The molecule has 1 aromatic heterocycles. The Balaban J connectivity index is 1.67. The summed E-state index contributed by atoms with van der Waals surface area (Å²) in [5.41, 5.74) is 0. The minimum atomic E-state index is 0.393. The maximum absolute atomic E-state index is 5.89. The van der Waals surface area contributed by atoms with Crippen LogP contribution in [0.3, 0.4) is 0 Å². The summed E-state index contributed by atoms with van der Waals surface area (Å²) < 4.78 is 5.89. The highest BCUT2D eigenvalue weighted by molar-refractivity contribution is 5.40. The molecular formula is C16H19N3O. The number of aromatic nitrogens is 2. The molecule has 0 bridgehead atoms. The van der Waals surface area contributed by atoms with Crippen LogP contribution < -0.4 is 9.64 Å². The Morgan fingerprint density at radius 3 is 2.90 bits per heavy atom. The van der Waals surface area contributed by atoms with Gasteiger partial charge in [0.25, 0.3) is 0 Å². The maximum Gasteiger partial charge on any atom is 0.132 e. The number of hydrogen-bond donors (Lipinski definition) is 0. The summed E-state index contributed by atoms with van der Waals surface area (Å²) in [5.74, 6) is 2.76. The molecule has 0 amide bonds. The van der Waals surface area contributed by atoms with Gasteiger partial charge in [0.05, 0.1) is 6.04 Å². The maximum atomic E-state index is 5.89. The Hall–Kier alpha value is -2.10. The van der Waals surface area contributed by atoms with Gasteiger partial charge in [0.1, 0.15) is 24.0 Å². The second-order valence-corrected chi connectivity index (χ2v) is 5.08. The van der Waals surface area contributed by atoms with Crippen LogP contribution in [0.5, 0.6) is 5.75 Å². The van der Waals surface area contributed by atoms with Gasteiger partial charge < -0.3 is 9.64 Å². The lowest BCUT2D eigenvalue weighted by Crippen LogP contribution is -2.34. The van der Waals surface area contributed by atoms with E-state index in [1.165, 1.54) is 6.42 Å². The molecule has 1 aliphatic heterocycles. The number of hydrogen-bond acceptors (Lipinski definition) is 4. The van der Waals surface area contributed by atoms with Crippen LogP contribution in [-0.2, 0) is 0 Å². The van der Waals surface area contributed by atoms with Crippen molar-refractivity contribution >= 4 is 5.82 Å². The fourth-order valence-corrected chi connectivity index (χ4v) is 2.62. The molecule has 0 saturated carbocycles. The summed E-state index contributed by atoms with van der Waals surface area (Å²) >= 11 is 0. The van der Waals surface area contributed by atoms with E-state index in [2.05, 4.69) is 14.9 Å². The molecule has 4 nitrogen and oxygen atoms in total. The molecule has 104 valence electrons. The van der Waals surface area contributed by atoms with Gasteiger partial charge in [0.15, 0.2) is 0 Å². The number of rotatable bonds is 4. The van der Waals surface area contributed by atoms with Crippen molar-refractivity contribution in [2.24, 2.45) is 0 Å². The number of ether oxygens (including phenoxy) is 1. The lowest BCUT2D eigenvalue weighted by Gasteiger charge is -2.25. The number of anilines is 1. The van der Waals surface area contributed by atoms with Crippen molar-refractivity contribution < 1.29 is 4.74 Å². The first kappa shape index (κ1) is 12.9. The van der Waals surface area contributed by atoms with Gasteiger partial charge in [-0.25, -0.2) is 9.97 Å². The quantitative estimate of drug-likeness (QED) is 0.855. The Morgan fingerprint density at radius 1 is 1.25 bits per heavy atom. The third kappa shape index (κ3) is 2.90. The molecule has 20 heavy (non-hydrogen) atoms. The van der Waals surface area contributed by atoms with E-state index in [9.17, 15) is 0 Å². The van der Waals surface area contributed by atoms with Gasteiger partial charge in [-0.2, -0.15) is 0 Å². The van der Waals surface area contributed by atoms with Crippen molar-refractivity contribution in [3.63, 3.8) is 0 Å². The molecule has 1 aromatic carbocycles. The summed E-state index contributed by atoms with van der Waals surface area (Å²) in [6, 6.07) is 12.4. The van der Waals surface area contributed by atoms with Gasteiger partial charge in [-0.1, -0.05) is 18.2 Å². The van der Waals surface area contributed by atoms with Crippen LogP contribution >= 0.6 is 0 Å². The van der Waals surface area contributed by atoms with E-state index in [1.807, 2.05) is 49.5 Å². The predicted molar refractivity (Wildman–Crippen MR) is 79.1 cm³/mol. The third-order valence-corrected chi connectivity index (χ3v) is 3.62. The van der Waals surface area contributed by atoms with Gasteiger partial charge >= 0.3 is 0 Å². The predicted octanol–water partition coefficient (Wildman–Crippen LogP) is 2.83. The zero-order valence-corrected chi connectivity index (χ0v) is 11.7. The van der Waals surface area contributed by atoms with Crippen LogP contribution in [-0.4, -0.2) is 29.2 Å². The highest BCUT2D eigenvalue weighted by Gasteiger charge is 2.26. The molecule has 0 unspecified atom stereocenters. The van der Waals surface area contributed by atoms with Crippen LogP contribution in [0.25, 0.3) is 0 Å². The fraction of sp³-hybridized carbons (Fsp3) is 0.375. The molecule has 0 N–H and O–H groups in total. The van der Waals surface area contributed by atoms with E-state index < -0.39 is 0 Å². The van der Waals surface area contributed by atoms with Crippen molar-refractivity contribution in [2.45, 2.75) is 25.8 Å². The molecule has 1 atom stereocenters. The largest absolute Gasteiger partial charge is 0.491 e. The Labute approximate surface area is 119 Å². The molecule has 1 aliphatic rings. The van der Waals surface area contributed by atoms with Gasteiger partial charge in [-0.3, -0.25) is 0 Å². The van der Waals surface area contributed by atoms with Crippen LogP contribution in [0.1, 0.15) is 18.7 Å². The van der Waals surface area contributed by atoms with E-state index in [1.54, 1.807) is 0 Å². The molecule has 0 radical (unpaired) electrons. The van der Waals surface area contributed by atoms with Crippen molar-refractivity contribution in [1.82, 2.24) is 9.97 Å². The zero-order chi connectivity index (χ0) is 13.8. The Bertz CT molecular complexity index is 559. The zero-order valence-electron chi connectivity index (χ0n) is 11.7. The first-order valence-corrected chi connectivity index (χ1v) is 7.07. The van der Waals surface area contributed by atoms with Crippen LogP contribution in [0.4, 0.5) is 5.82 Å². The Kier molecular flexibility index (Phi) is 3.81. The van der Waals surface area contributed by atoms with Crippen molar-refractivity contribution in [2.75, 3.05) is 18.1 Å². The molecule has 2 heterocycles. The first-order chi connectivity index (χ1) is 9.83. The van der Waals surface area contributed by atoms with Gasteiger partial charge in [0, 0.05) is 12.7 Å². The molecule has 3 rings (SSSR count). The molecule has 2 aromatic rings. The van der Waals surface area contributed by atoms with Gasteiger partial charge in [-0.05, 0) is 38.0 Å². The lowest BCUT2D eigenvalue weighted by atomic mass is 10.2. The lowest BCUT2D eigenvalue weighted by molar-refractivity contribution is 0.288. The molecule has 0 spiro atoms. The van der Waals surface area contributed by atoms with Crippen molar-refractivity contribution in [3.05, 3.63) is 48.4 Å². The molecular weight excluding hydrogens is 250 g/mol. The standard InChI is InChI=1S/C16H19N3O/c1-13-17-10-9-16(18-13)19-11-5-6-14(19)12-20-15-7-3-2-4-8-15/h2-4,7-10,14H,5-6,11-12H2,1H3/t14-/m0/s1. The summed E-state index contributed by atoms with van der Waals surface area (Å²) in [6.45, 7) is 3.67. The number of benzene rings is 1. The van der Waals surface area contributed by atoms with Gasteiger partial charge in [-0.15, -0.1) is 0 Å². The highest BCUT2D eigenvalue weighted by Crippen LogP contribution is 2.24. The van der Waals surface area contributed by atoms with E-state index in [0.717, 1.165) is 30.4 Å². The number of aryl methyl sites for hydroxylation is 1. The molecule has 1 fully saturated rings. The topological polar surface area (TPSA) is 38.2 Å². The number of nitrogens with zero attached hydrogens (tertiary/aromatic N) is 3. The average Bonchev–Trinajstić information content (AvgIpc) is 2.95. The fourth-order valence-electron chi connectivity index (χ4n) is 2.62. The number of para-hydroxylation sites is 1. The minimum absolute atomic E-state index is 0.393. The summed E-state index contributed by atoms with van der Waals surface area (Å²) in [5, 5.41) is 0. The van der Waals surface area contributed by atoms with Gasteiger partial charge in [0.2, 0.25) is 0 Å². The van der Waals surface area contributed by atoms with E-state index in [0.29, 0.717) is 12.6 Å². The van der Waals surface area contributed by atoms with Crippen LogP contribution in [0.2, 0.25) is 0 Å². The minimum Gasteiger partial charge on any atom is -0.491 e. The average molecular weight is 269 g/mol. The first-order valence-electron chi connectivity index (χ1n) is 7.07. The third-order valence-electron chi connectivity index (χ3n) is 3.62. The summed E-state index contributed by atoms with van der Waals surface area (Å²) in [4.78, 5) is 11.0. The molecule has 1 saturated heterocycles. The van der Waals surface area contributed by atoms with E-state index in [4.69, 9.17) is 4.74 Å². The highest BCUT2D eigenvalue weighted by atomic mass is 16.5. The summed E-state index contributed by atoms with van der Waals surface area (Å²) in [6.07, 6.45) is 4.16. The summed E-state index contributed by atoms with van der Waals surface area (Å²) in [7, 11) is 0. The van der Waals surface area contributed by atoms with E-state index in [-0.39, 0.29) is 0 Å². The second kappa shape index (κ2) is 5.90. The molecule has 0 aliphatic carbocycles. The van der Waals surface area contributed by atoms with Crippen LogP contribution in [0, 0.1) is 6.92 Å². The normalized spacial score (nSPS) is 18.2. The van der Waals surface area contributed by atoms with Crippen molar-refractivity contribution in [1.29, 1.82) is 0 Å². The monoisotopic (exact) mass is 269 g/mol. The second-order valence-electron chi connectivity index (χ2n) is 5.08. The SMILES string of the molecule is Cc1nccc(N2CCC[C@H]2COc2ccccc2)n1. The molecule has 4 heteroatoms. The smallest absolute Gasteiger partial charge is 0.132 e. The van der Waals surface area contributed by atoms with E-state index >= 15 is 0 Å². The van der Waals surface area contributed by atoms with Crippen LogP contribution in [0.15, 0.2) is 42.6 Å².